The van der Waals surface area contributed by atoms with Crippen LogP contribution in [0.5, 0.6) is 5.75 Å². The lowest BCUT2D eigenvalue weighted by atomic mass is 10.1. The number of hydrogen-bond donors (Lipinski definition) is 0. The Morgan fingerprint density at radius 2 is 1.74 bits per heavy atom. The average molecular weight is 430 g/mol. The smallest absolute Gasteiger partial charge is 0.444 e. The molecule has 0 bridgehead atoms. The van der Waals surface area contributed by atoms with Crippen LogP contribution in [0.1, 0.15) is 19.4 Å². The Morgan fingerprint density at radius 3 is 2.32 bits per heavy atom. The SMILES string of the molecule is CC(C)(C#N)OC(=O)Cc1ccc(-c2ncn(-c3ccc(OC(F)(F)F)cc3)n2)cc1. The number of esters is 1. The van der Waals surface area contributed by atoms with Gasteiger partial charge in [-0.3, -0.25) is 4.79 Å². The molecule has 1 aromatic heterocycles. The van der Waals surface area contributed by atoms with Gasteiger partial charge in [-0.15, -0.1) is 18.3 Å². The van der Waals surface area contributed by atoms with Crippen molar-refractivity contribution in [3.8, 4) is 28.9 Å². The summed E-state index contributed by atoms with van der Waals surface area (Å²) in [5.41, 5.74) is 0.699. The zero-order chi connectivity index (χ0) is 22.6. The van der Waals surface area contributed by atoms with E-state index in [1.807, 2.05) is 6.07 Å². The largest absolute Gasteiger partial charge is 0.573 e. The van der Waals surface area contributed by atoms with Gasteiger partial charge < -0.3 is 9.47 Å². The molecule has 3 rings (SSSR count). The Balaban J connectivity index is 1.67. The van der Waals surface area contributed by atoms with E-state index >= 15 is 0 Å². The van der Waals surface area contributed by atoms with Crippen LogP contribution in [0.15, 0.2) is 54.9 Å². The number of nitriles is 1. The van der Waals surface area contributed by atoms with Crippen LogP contribution in [-0.2, 0) is 16.0 Å². The third-order valence-corrected chi connectivity index (χ3v) is 4.03. The predicted octanol–water partition coefficient (Wildman–Crippen LogP) is 4.22. The van der Waals surface area contributed by atoms with E-state index in [4.69, 9.17) is 10.00 Å². The number of hydrogen-bond acceptors (Lipinski definition) is 6. The molecule has 0 aliphatic rings. The molecule has 7 nitrogen and oxygen atoms in total. The highest BCUT2D eigenvalue weighted by molar-refractivity contribution is 5.73. The van der Waals surface area contributed by atoms with Gasteiger partial charge in [0.25, 0.3) is 0 Å². The zero-order valence-electron chi connectivity index (χ0n) is 16.6. The van der Waals surface area contributed by atoms with Crippen LogP contribution in [0.3, 0.4) is 0 Å². The van der Waals surface area contributed by atoms with E-state index in [1.165, 1.54) is 49.1 Å². The number of carbonyl (C=O) groups is 1. The number of benzene rings is 2. The van der Waals surface area contributed by atoms with Crippen molar-refractivity contribution in [1.82, 2.24) is 14.8 Å². The summed E-state index contributed by atoms with van der Waals surface area (Å²) in [4.78, 5) is 16.1. The third-order valence-electron chi connectivity index (χ3n) is 4.03. The van der Waals surface area contributed by atoms with Crippen molar-refractivity contribution in [2.45, 2.75) is 32.2 Å². The summed E-state index contributed by atoms with van der Waals surface area (Å²) in [6, 6.07) is 14.0. The van der Waals surface area contributed by atoms with Crippen LogP contribution >= 0.6 is 0 Å². The van der Waals surface area contributed by atoms with Gasteiger partial charge in [0.15, 0.2) is 11.4 Å². The molecule has 31 heavy (non-hydrogen) atoms. The van der Waals surface area contributed by atoms with Crippen molar-refractivity contribution in [3.05, 3.63) is 60.4 Å². The monoisotopic (exact) mass is 430 g/mol. The van der Waals surface area contributed by atoms with E-state index in [2.05, 4.69) is 14.8 Å². The maximum Gasteiger partial charge on any atom is 0.573 e. The van der Waals surface area contributed by atoms with Gasteiger partial charge in [0, 0.05) is 5.56 Å². The summed E-state index contributed by atoms with van der Waals surface area (Å²) >= 11 is 0. The molecule has 0 unspecified atom stereocenters. The van der Waals surface area contributed by atoms with E-state index in [1.54, 1.807) is 24.3 Å². The minimum atomic E-state index is -4.75. The van der Waals surface area contributed by atoms with Crippen LogP contribution in [0.2, 0.25) is 0 Å². The van der Waals surface area contributed by atoms with E-state index in [9.17, 15) is 18.0 Å². The van der Waals surface area contributed by atoms with Crippen molar-refractivity contribution in [3.63, 3.8) is 0 Å². The van der Waals surface area contributed by atoms with Crippen molar-refractivity contribution in [1.29, 1.82) is 5.26 Å². The van der Waals surface area contributed by atoms with Gasteiger partial charge in [0.2, 0.25) is 0 Å². The van der Waals surface area contributed by atoms with Crippen LogP contribution < -0.4 is 4.74 Å². The van der Waals surface area contributed by atoms with Crippen LogP contribution in [0.25, 0.3) is 17.1 Å². The topological polar surface area (TPSA) is 90.0 Å². The number of nitrogens with zero attached hydrogens (tertiary/aromatic N) is 4. The van der Waals surface area contributed by atoms with Crippen molar-refractivity contribution in [2.24, 2.45) is 0 Å². The molecule has 0 aliphatic heterocycles. The Labute approximate surface area is 175 Å². The molecule has 0 saturated carbocycles. The number of halogens is 3. The molecule has 1 heterocycles. The molecular formula is C21H17F3N4O3. The first-order valence-electron chi connectivity index (χ1n) is 9.05. The molecule has 0 atom stereocenters. The molecular weight excluding hydrogens is 413 g/mol. The molecule has 160 valence electrons. The minimum Gasteiger partial charge on any atom is -0.444 e. The van der Waals surface area contributed by atoms with E-state index in [-0.39, 0.29) is 12.2 Å². The van der Waals surface area contributed by atoms with E-state index in [0.29, 0.717) is 22.6 Å². The molecule has 10 heteroatoms. The zero-order valence-corrected chi connectivity index (χ0v) is 16.6. The van der Waals surface area contributed by atoms with Gasteiger partial charge in [0.05, 0.1) is 12.1 Å². The fourth-order valence-electron chi connectivity index (χ4n) is 2.60. The Hall–Kier alpha value is -3.87. The summed E-state index contributed by atoms with van der Waals surface area (Å²) < 4.78 is 47.1. The summed E-state index contributed by atoms with van der Waals surface area (Å²) in [5.74, 6) is -0.445. The van der Waals surface area contributed by atoms with Gasteiger partial charge >= 0.3 is 12.3 Å². The molecule has 0 radical (unpaired) electrons. The lowest BCUT2D eigenvalue weighted by molar-refractivity contribution is -0.274. The Bertz CT molecular complexity index is 1100. The molecule has 0 N–H and O–H groups in total. The van der Waals surface area contributed by atoms with Gasteiger partial charge in [-0.05, 0) is 43.7 Å². The minimum absolute atomic E-state index is 0.0135. The Morgan fingerprint density at radius 1 is 1.10 bits per heavy atom. The Kier molecular flexibility index (Phi) is 5.97. The van der Waals surface area contributed by atoms with Crippen molar-refractivity contribution in [2.75, 3.05) is 0 Å². The van der Waals surface area contributed by atoms with Crippen LogP contribution in [-0.4, -0.2) is 32.7 Å². The fraction of sp³-hybridized carbons (Fsp3) is 0.238. The quantitative estimate of drug-likeness (QED) is 0.544. The summed E-state index contributed by atoms with van der Waals surface area (Å²) in [6.45, 7) is 3.01. The molecule has 2 aromatic carbocycles. The maximum absolute atomic E-state index is 12.3. The second-order valence-corrected chi connectivity index (χ2v) is 7.02. The van der Waals surface area contributed by atoms with Crippen molar-refractivity contribution >= 4 is 5.97 Å². The molecule has 3 aromatic rings. The predicted molar refractivity (Wildman–Crippen MR) is 103 cm³/mol. The fourth-order valence-corrected chi connectivity index (χ4v) is 2.60. The second-order valence-electron chi connectivity index (χ2n) is 7.02. The average Bonchev–Trinajstić information content (AvgIpc) is 3.17. The number of ether oxygens (including phenoxy) is 2. The van der Waals surface area contributed by atoms with E-state index in [0.717, 1.165) is 0 Å². The molecule has 0 amide bonds. The third kappa shape index (κ3) is 6.05. The number of aromatic nitrogens is 3. The number of rotatable bonds is 6. The number of carbonyl (C=O) groups excluding carboxylic acids is 1. The van der Waals surface area contributed by atoms with Gasteiger partial charge in [-0.1, -0.05) is 24.3 Å². The lowest BCUT2D eigenvalue weighted by Gasteiger charge is -2.16. The van der Waals surface area contributed by atoms with Crippen LogP contribution in [0.4, 0.5) is 13.2 Å². The summed E-state index contributed by atoms with van der Waals surface area (Å²) in [5, 5.41) is 13.2. The molecule has 0 saturated heterocycles. The van der Waals surface area contributed by atoms with Crippen LogP contribution in [0, 0.1) is 11.3 Å². The first kappa shape index (κ1) is 21.8. The van der Waals surface area contributed by atoms with Crippen molar-refractivity contribution < 1.29 is 27.4 Å². The summed E-state index contributed by atoms with van der Waals surface area (Å²) in [6.07, 6.45) is -3.30. The highest BCUT2D eigenvalue weighted by Gasteiger charge is 2.31. The highest BCUT2D eigenvalue weighted by atomic mass is 19.4. The first-order chi connectivity index (χ1) is 14.5. The first-order valence-corrected chi connectivity index (χ1v) is 9.05. The summed E-state index contributed by atoms with van der Waals surface area (Å²) in [7, 11) is 0. The molecule has 0 spiro atoms. The van der Waals surface area contributed by atoms with Gasteiger partial charge in [0.1, 0.15) is 18.1 Å². The normalized spacial score (nSPS) is 11.6. The van der Waals surface area contributed by atoms with E-state index < -0.39 is 17.9 Å². The standard InChI is InChI=1S/C21H17F3N4O3/c1-20(2,12-25)31-18(29)11-14-3-5-15(6-4-14)19-26-13-28(27-19)16-7-9-17(10-8-16)30-21(22,23)24/h3-10,13H,11H2,1-2H3. The second kappa shape index (κ2) is 8.47. The molecule has 0 aliphatic carbocycles. The van der Waals surface area contributed by atoms with Gasteiger partial charge in [-0.25, -0.2) is 9.67 Å². The lowest BCUT2D eigenvalue weighted by Crippen LogP contribution is -2.26. The number of alkyl halides is 3. The highest BCUT2D eigenvalue weighted by Crippen LogP contribution is 2.24. The maximum atomic E-state index is 12.3. The van der Waals surface area contributed by atoms with Gasteiger partial charge in [-0.2, -0.15) is 5.26 Å². The molecule has 0 fully saturated rings.